The summed E-state index contributed by atoms with van der Waals surface area (Å²) >= 11 is 1.73. The number of amides is 1. The van der Waals surface area contributed by atoms with Gasteiger partial charge in [-0.3, -0.25) is 9.69 Å². The minimum absolute atomic E-state index is 0.121. The molecular formula is C21H27N3O2S. The molecular weight excluding hydrogens is 358 g/mol. The van der Waals surface area contributed by atoms with Crippen LogP contribution in [0.15, 0.2) is 29.6 Å². The molecule has 0 radical (unpaired) electrons. The number of nitrogens with zero attached hydrogens (tertiary/aromatic N) is 3. The van der Waals surface area contributed by atoms with E-state index in [0.29, 0.717) is 32.2 Å². The number of hydrogen-bond donors (Lipinski definition) is 0. The first kappa shape index (κ1) is 18.6. The van der Waals surface area contributed by atoms with E-state index in [0.717, 1.165) is 36.6 Å². The molecule has 27 heavy (non-hydrogen) atoms. The highest BCUT2D eigenvalue weighted by Crippen LogP contribution is 2.23. The van der Waals surface area contributed by atoms with Crippen molar-refractivity contribution in [2.45, 2.75) is 26.3 Å². The van der Waals surface area contributed by atoms with Gasteiger partial charge in [0.15, 0.2) is 0 Å². The molecule has 1 unspecified atom stereocenters. The summed E-state index contributed by atoms with van der Waals surface area (Å²) in [5.74, 6) is 0.806. The van der Waals surface area contributed by atoms with E-state index in [-0.39, 0.29) is 5.91 Å². The van der Waals surface area contributed by atoms with E-state index in [2.05, 4.69) is 34.3 Å². The lowest BCUT2D eigenvalue weighted by Gasteiger charge is -2.26. The molecule has 3 heterocycles. The van der Waals surface area contributed by atoms with Crippen molar-refractivity contribution in [3.63, 3.8) is 0 Å². The summed E-state index contributed by atoms with van der Waals surface area (Å²) in [5.41, 5.74) is 3.31. The molecule has 2 saturated heterocycles. The fourth-order valence-corrected chi connectivity index (χ4v) is 4.60. The SMILES string of the molecule is Cc1nc(CN2CCC(Cc3ccc(C(=O)N4CCOCC4)cc3)C2)cs1. The molecule has 144 valence electrons. The Morgan fingerprint density at radius 1 is 1.22 bits per heavy atom. The maximum atomic E-state index is 12.5. The molecule has 1 aromatic heterocycles. The largest absolute Gasteiger partial charge is 0.378 e. The van der Waals surface area contributed by atoms with E-state index >= 15 is 0 Å². The number of thiazole rings is 1. The molecule has 0 N–H and O–H groups in total. The Labute approximate surface area is 165 Å². The zero-order valence-corrected chi connectivity index (χ0v) is 16.7. The summed E-state index contributed by atoms with van der Waals surface area (Å²) in [5, 5.41) is 3.32. The number of likely N-dealkylation sites (tertiary alicyclic amines) is 1. The molecule has 4 rings (SSSR count). The molecule has 0 aliphatic carbocycles. The lowest BCUT2D eigenvalue weighted by Crippen LogP contribution is -2.40. The highest BCUT2D eigenvalue weighted by molar-refractivity contribution is 7.09. The highest BCUT2D eigenvalue weighted by Gasteiger charge is 2.23. The maximum Gasteiger partial charge on any atom is 0.254 e. The molecule has 1 amide bonds. The van der Waals surface area contributed by atoms with Crippen LogP contribution in [0.3, 0.4) is 0 Å². The third-order valence-corrected chi connectivity index (χ3v) is 6.27. The van der Waals surface area contributed by atoms with Gasteiger partial charge in [0.2, 0.25) is 0 Å². The number of carbonyl (C=O) groups excluding carboxylic acids is 1. The Morgan fingerprint density at radius 2 is 2.00 bits per heavy atom. The van der Waals surface area contributed by atoms with Gasteiger partial charge in [-0.1, -0.05) is 12.1 Å². The van der Waals surface area contributed by atoms with Crippen molar-refractivity contribution in [1.82, 2.24) is 14.8 Å². The van der Waals surface area contributed by atoms with Gasteiger partial charge in [-0.25, -0.2) is 4.98 Å². The van der Waals surface area contributed by atoms with Crippen LogP contribution in [0.4, 0.5) is 0 Å². The van der Waals surface area contributed by atoms with Crippen LogP contribution in [0, 0.1) is 12.8 Å². The van der Waals surface area contributed by atoms with Crippen molar-refractivity contribution < 1.29 is 9.53 Å². The summed E-state index contributed by atoms with van der Waals surface area (Å²) in [6.45, 7) is 7.97. The van der Waals surface area contributed by atoms with Gasteiger partial charge < -0.3 is 9.64 Å². The first-order valence-electron chi connectivity index (χ1n) is 9.77. The number of morpholine rings is 1. The quantitative estimate of drug-likeness (QED) is 0.794. The third kappa shape index (κ3) is 4.75. The van der Waals surface area contributed by atoms with Gasteiger partial charge in [0.25, 0.3) is 5.91 Å². The second kappa shape index (κ2) is 8.50. The van der Waals surface area contributed by atoms with Crippen LogP contribution in [0.2, 0.25) is 0 Å². The first-order chi connectivity index (χ1) is 13.2. The van der Waals surface area contributed by atoms with Crippen LogP contribution in [-0.2, 0) is 17.7 Å². The fourth-order valence-electron chi connectivity index (χ4n) is 4.00. The number of hydrogen-bond acceptors (Lipinski definition) is 5. The molecule has 2 aliphatic heterocycles. The molecule has 5 nitrogen and oxygen atoms in total. The zero-order valence-electron chi connectivity index (χ0n) is 15.9. The summed E-state index contributed by atoms with van der Waals surface area (Å²) in [6.07, 6.45) is 2.32. The average Bonchev–Trinajstić information content (AvgIpc) is 3.31. The standard InChI is InChI=1S/C21H27N3O2S/c1-16-22-20(15-27-16)14-23-7-6-18(13-23)12-17-2-4-19(5-3-17)21(25)24-8-10-26-11-9-24/h2-5,15,18H,6-14H2,1H3. The summed E-state index contributed by atoms with van der Waals surface area (Å²) < 4.78 is 5.33. The normalized spacial score (nSPS) is 20.9. The number of benzene rings is 1. The van der Waals surface area contributed by atoms with Gasteiger partial charge in [-0.15, -0.1) is 11.3 Å². The predicted molar refractivity (Wildman–Crippen MR) is 107 cm³/mol. The molecule has 2 fully saturated rings. The van der Waals surface area contributed by atoms with Crippen molar-refractivity contribution in [2.24, 2.45) is 5.92 Å². The monoisotopic (exact) mass is 385 g/mol. The van der Waals surface area contributed by atoms with Gasteiger partial charge in [0, 0.05) is 37.1 Å². The Bertz CT molecular complexity index is 768. The number of carbonyl (C=O) groups is 1. The van der Waals surface area contributed by atoms with Gasteiger partial charge in [-0.05, 0) is 49.9 Å². The summed E-state index contributed by atoms with van der Waals surface area (Å²) in [6, 6.07) is 8.22. The molecule has 0 spiro atoms. The number of rotatable bonds is 5. The van der Waals surface area contributed by atoms with Crippen molar-refractivity contribution in [3.05, 3.63) is 51.5 Å². The molecule has 0 bridgehead atoms. The van der Waals surface area contributed by atoms with Crippen molar-refractivity contribution >= 4 is 17.2 Å². The van der Waals surface area contributed by atoms with Crippen LogP contribution in [0.1, 0.15) is 33.0 Å². The van der Waals surface area contributed by atoms with Crippen molar-refractivity contribution in [2.75, 3.05) is 39.4 Å². The van der Waals surface area contributed by atoms with E-state index in [1.807, 2.05) is 17.0 Å². The highest BCUT2D eigenvalue weighted by atomic mass is 32.1. The second-order valence-corrected chi connectivity index (χ2v) is 8.62. The fraction of sp³-hybridized carbons (Fsp3) is 0.524. The van der Waals surface area contributed by atoms with Gasteiger partial charge >= 0.3 is 0 Å². The van der Waals surface area contributed by atoms with Crippen LogP contribution in [-0.4, -0.2) is 60.1 Å². The number of ether oxygens (including phenoxy) is 1. The molecule has 2 aromatic rings. The lowest BCUT2D eigenvalue weighted by molar-refractivity contribution is 0.0303. The maximum absolute atomic E-state index is 12.5. The van der Waals surface area contributed by atoms with E-state index in [1.54, 1.807) is 11.3 Å². The van der Waals surface area contributed by atoms with E-state index in [9.17, 15) is 4.79 Å². The topological polar surface area (TPSA) is 45.7 Å². The van der Waals surface area contributed by atoms with Crippen molar-refractivity contribution in [1.29, 1.82) is 0 Å². The van der Waals surface area contributed by atoms with Crippen LogP contribution < -0.4 is 0 Å². The Kier molecular flexibility index (Phi) is 5.86. The van der Waals surface area contributed by atoms with Gasteiger partial charge in [0.1, 0.15) is 0 Å². The van der Waals surface area contributed by atoms with E-state index in [4.69, 9.17) is 4.74 Å². The molecule has 2 aliphatic rings. The minimum atomic E-state index is 0.121. The molecule has 1 aromatic carbocycles. The number of aromatic nitrogens is 1. The average molecular weight is 386 g/mol. The zero-order chi connectivity index (χ0) is 18.6. The molecule has 6 heteroatoms. The molecule has 0 saturated carbocycles. The van der Waals surface area contributed by atoms with Gasteiger partial charge in [-0.2, -0.15) is 0 Å². The van der Waals surface area contributed by atoms with Crippen LogP contribution >= 0.6 is 11.3 Å². The minimum Gasteiger partial charge on any atom is -0.378 e. The van der Waals surface area contributed by atoms with E-state index in [1.165, 1.54) is 17.7 Å². The van der Waals surface area contributed by atoms with Crippen LogP contribution in [0.25, 0.3) is 0 Å². The first-order valence-corrected chi connectivity index (χ1v) is 10.6. The second-order valence-electron chi connectivity index (χ2n) is 7.55. The number of aryl methyl sites for hydroxylation is 1. The Balaban J connectivity index is 1.29. The van der Waals surface area contributed by atoms with Gasteiger partial charge in [0.05, 0.1) is 23.9 Å². The van der Waals surface area contributed by atoms with Crippen molar-refractivity contribution in [3.8, 4) is 0 Å². The lowest BCUT2D eigenvalue weighted by atomic mass is 9.97. The summed E-state index contributed by atoms with van der Waals surface area (Å²) in [7, 11) is 0. The molecule has 1 atom stereocenters. The Hall–Kier alpha value is -1.76. The smallest absolute Gasteiger partial charge is 0.254 e. The van der Waals surface area contributed by atoms with E-state index < -0.39 is 0 Å². The third-order valence-electron chi connectivity index (χ3n) is 5.45. The summed E-state index contributed by atoms with van der Waals surface area (Å²) in [4.78, 5) is 21.5. The van der Waals surface area contributed by atoms with Crippen LogP contribution in [0.5, 0.6) is 0 Å². The Morgan fingerprint density at radius 3 is 2.70 bits per heavy atom. The predicted octanol–water partition coefficient (Wildman–Crippen LogP) is 2.99.